The summed E-state index contributed by atoms with van der Waals surface area (Å²) < 4.78 is 10.7. The molecule has 1 aromatic rings. The van der Waals surface area contributed by atoms with Crippen LogP contribution in [0.15, 0.2) is 21.5 Å². The Morgan fingerprint density at radius 1 is 1.27 bits per heavy atom. The van der Waals surface area contributed by atoms with Crippen LogP contribution in [0.25, 0.3) is 0 Å². The molecule has 1 aromatic heterocycles. The monoisotopic (exact) mass is 206 g/mol. The minimum Gasteiger partial charge on any atom is -0.489 e. The lowest BCUT2D eigenvalue weighted by Gasteiger charge is -2.36. The van der Waals surface area contributed by atoms with Gasteiger partial charge in [0, 0.05) is 12.0 Å². The number of rotatable bonds is 0. The number of ether oxygens (including phenoxy) is 1. The van der Waals surface area contributed by atoms with Gasteiger partial charge in [-0.3, -0.25) is 0 Å². The van der Waals surface area contributed by atoms with E-state index in [1.807, 2.05) is 0 Å². The Morgan fingerprint density at radius 2 is 2.13 bits per heavy atom. The van der Waals surface area contributed by atoms with Crippen LogP contribution < -0.4 is 10.4 Å². The minimum atomic E-state index is -0.225. The Hall–Kier alpha value is -1.25. The zero-order chi connectivity index (χ0) is 10.3. The average molecular weight is 206 g/mol. The molecule has 0 amide bonds. The second kappa shape index (κ2) is 3.40. The molecule has 2 heterocycles. The van der Waals surface area contributed by atoms with Crippen molar-refractivity contribution in [1.82, 2.24) is 0 Å². The predicted molar refractivity (Wildman–Crippen MR) is 55.1 cm³/mol. The van der Waals surface area contributed by atoms with Crippen LogP contribution in [0.3, 0.4) is 0 Å². The summed E-state index contributed by atoms with van der Waals surface area (Å²) in [7, 11) is 0. The Kier molecular flexibility index (Phi) is 2.04. The van der Waals surface area contributed by atoms with Crippen molar-refractivity contribution in [2.45, 2.75) is 38.2 Å². The van der Waals surface area contributed by atoms with Crippen molar-refractivity contribution in [3.8, 4) is 5.75 Å². The highest BCUT2D eigenvalue weighted by atomic mass is 16.5. The molecule has 0 N–H and O–H groups in total. The van der Waals surface area contributed by atoms with Gasteiger partial charge in [-0.1, -0.05) is 6.42 Å². The van der Waals surface area contributed by atoms with E-state index in [4.69, 9.17) is 9.15 Å². The van der Waals surface area contributed by atoms with Crippen LogP contribution >= 0.6 is 0 Å². The van der Waals surface area contributed by atoms with Gasteiger partial charge in [-0.15, -0.1) is 0 Å². The maximum absolute atomic E-state index is 11.5. The predicted octanol–water partition coefficient (Wildman–Crippen LogP) is 2.13. The van der Waals surface area contributed by atoms with Gasteiger partial charge in [0.25, 0.3) is 0 Å². The highest BCUT2D eigenvalue weighted by Crippen LogP contribution is 2.36. The Labute approximate surface area is 88.1 Å². The van der Waals surface area contributed by atoms with E-state index in [-0.39, 0.29) is 5.63 Å². The first-order valence-electron chi connectivity index (χ1n) is 5.62. The molecule has 2 unspecified atom stereocenters. The van der Waals surface area contributed by atoms with Gasteiger partial charge in [-0.2, -0.15) is 0 Å². The molecule has 0 aromatic carbocycles. The van der Waals surface area contributed by atoms with E-state index in [2.05, 4.69) is 0 Å². The van der Waals surface area contributed by atoms with Gasteiger partial charge in [-0.05, 0) is 25.7 Å². The Balaban J connectivity index is 1.99. The molecule has 2 aliphatic rings. The van der Waals surface area contributed by atoms with Crippen molar-refractivity contribution >= 4 is 0 Å². The van der Waals surface area contributed by atoms with Crippen molar-refractivity contribution in [2.75, 3.05) is 0 Å². The zero-order valence-electron chi connectivity index (χ0n) is 8.57. The molecule has 15 heavy (non-hydrogen) atoms. The van der Waals surface area contributed by atoms with E-state index in [0.29, 0.717) is 12.0 Å². The highest BCUT2D eigenvalue weighted by Gasteiger charge is 2.33. The second-order valence-electron chi connectivity index (χ2n) is 4.46. The summed E-state index contributed by atoms with van der Waals surface area (Å²) in [5.74, 6) is 1.27. The molecule has 0 bridgehead atoms. The Bertz CT molecular complexity index is 421. The summed E-state index contributed by atoms with van der Waals surface area (Å²) in [5.41, 5.74) is 0.511. The van der Waals surface area contributed by atoms with Crippen molar-refractivity contribution in [3.05, 3.63) is 28.3 Å². The summed E-state index contributed by atoms with van der Waals surface area (Å²) >= 11 is 0. The lowest BCUT2D eigenvalue weighted by Crippen LogP contribution is -2.37. The second-order valence-corrected chi connectivity index (χ2v) is 4.46. The summed E-state index contributed by atoms with van der Waals surface area (Å²) in [6.07, 6.45) is 7.40. The van der Waals surface area contributed by atoms with Crippen LogP contribution in [-0.2, 0) is 6.42 Å². The first-order chi connectivity index (χ1) is 7.34. The summed E-state index contributed by atoms with van der Waals surface area (Å²) in [6, 6.07) is 1.77. The van der Waals surface area contributed by atoms with E-state index in [9.17, 15) is 4.79 Å². The van der Waals surface area contributed by atoms with Gasteiger partial charge in [0.1, 0.15) is 11.9 Å². The van der Waals surface area contributed by atoms with Gasteiger partial charge in [0.15, 0.2) is 0 Å². The molecule has 1 fully saturated rings. The fourth-order valence-electron chi connectivity index (χ4n) is 2.71. The molecule has 0 radical (unpaired) electrons. The summed E-state index contributed by atoms with van der Waals surface area (Å²) in [5, 5.41) is 0. The van der Waals surface area contributed by atoms with E-state index in [1.165, 1.54) is 25.5 Å². The molecule has 3 heteroatoms. The molecule has 80 valence electrons. The summed E-state index contributed by atoms with van der Waals surface area (Å²) in [6.45, 7) is 0. The van der Waals surface area contributed by atoms with E-state index in [1.54, 1.807) is 6.07 Å². The normalized spacial score (nSPS) is 28.8. The third-order valence-corrected chi connectivity index (χ3v) is 3.52. The van der Waals surface area contributed by atoms with Crippen molar-refractivity contribution < 1.29 is 9.15 Å². The molecule has 0 spiro atoms. The molecule has 1 aliphatic heterocycles. The first-order valence-corrected chi connectivity index (χ1v) is 5.62. The van der Waals surface area contributed by atoms with Crippen molar-refractivity contribution in [1.29, 1.82) is 0 Å². The Morgan fingerprint density at radius 3 is 3.07 bits per heavy atom. The lowest BCUT2D eigenvalue weighted by atomic mass is 9.81. The van der Waals surface area contributed by atoms with Crippen LogP contribution in [0, 0.1) is 5.92 Å². The molecule has 3 rings (SSSR count). The van der Waals surface area contributed by atoms with E-state index < -0.39 is 0 Å². The zero-order valence-corrected chi connectivity index (χ0v) is 8.57. The van der Waals surface area contributed by atoms with E-state index in [0.717, 1.165) is 24.2 Å². The van der Waals surface area contributed by atoms with Crippen LogP contribution in [-0.4, -0.2) is 6.10 Å². The van der Waals surface area contributed by atoms with Gasteiger partial charge in [0.05, 0.1) is 11.8 Å². The quantitative estimate of drug-likeness (QED) is 0.652. The molecule has 0 saturated heterocycles. The fraction of sp³-hybridized carbons (Fsp3) is 0.583. The standard InChI is InChI=1S/C12H14O3/c13-12-9-7-8-3-1-2-4-10(8)15-11(9)5-6-14-12/h5-6,8,10H,1-4,7H2. The van der Waals surface area contributed by atoms with Crippen LogP contribution in [0.2, 0.25) is 0 Å². The third-order valence-electron chi connectivity index (χ3n) is 3.52. The largest absolute Gasteiger partial charge is 0.489 e. The van der Waals surface area contributed by atoms with Crippen molar-refractivity contribution in [2.24, 2.45) is 5.92 Å². The highest BCUT2D eigenvalue weighted by molar-refractivity contribution is 5.32. The minimum absolute atomic E-state index is 0.225. The van der Waals surface area contributed by atoms with Gasteiger partial charge >= 0.3 is 5.63 Å². The van der Waals surface area contributed by atoms with Crippen molar-refractivity contribution in [3.63, 3.8) is 0 Å². The van der Waals surface area contributed by atoms with Crippen LogP contribution in [0.1, 0.15) is 31.2 Å². The molecule has 2 atom stereocenters. The van der Waals surface area contributed by atoms with E-state index >= 15 is 0 Å². The number of hydrogen-bond donors (Lipinski definition) is 0. The molecular weight excluding hydrogens is 192 g/mol. The molecular formula is C12H14O3. The van der Waals surface area contributed by atoms with Crippen LogP contribution in [0.5, 0.6) is 5.75 Å². The van der Waals surface area contributed by atoms with Crippen LogP contribution in [0.4, 0.5) is 0 Å². The average Bonchev–Trinajstić information content (AvgIpc) is 2.27. The first kappa shape index (κ1) is 9.01. The summed E-state index contributed by atoms with van der Waals surface area (Å²) in [4.78, 5) is 11.5. The third kappa shape index (κ3) is 1.46. The maximum Gasteiger partial charge on any atom is 0.342 e. The number of hydrogen-bond acceptors (Lipinski definition) is 3. The smallest absolute Gasteiger partial charge is 0.342 e. The van der Waals surface area contributed by atoms with Gasteiger partial charge in [0.2, 0.25) is 0 Å². The SMILES string of the molecule is O=c1occc2c1CC1CCCCC1O2. The molecule has 3 nitrogen and oxygen atoms in total. The fourth-order valence-corrected chi connectivity index (χ4v) is 2.71. The topological polar surface area (TPSA) is 39.4 Å². The van der Waals surface area contributed by atoms with Gasteiger partial charge < -0.3 is 9.15 Å². The molecule has 1 aliphatic carbocycles. The molecule has 1 saturated carbocycles. The number of fused-ring (bicyclic) bond motifs is 2. The van der Waals surface area contributed by atoms with Gasteiger partial charge in [-0.25, -0.2) is 4.79 Å². The maximum atomic E-state index is 11.5. The lowest BCUT2D eigenvalue weighted by molar-refractivity contribution is 0.0728.